The molecule has 2 aliphatic rings. The Balaban J connectivity index is 1.63. The van der Waals surface area contributed by atoms with Crippen molar-refractivity contribution in [2.45, 2.75) is 45.1 Å². The van der Waals surface area contributed by atoms with Crippen molar-refractivity contribution in [3.63, 3.8) is 0 Å². The molecule has 0 bridgehead atoms. The van der Waals surface area contributed by atoms with Gasteiger partial charge in [0.1, 0.15) is 0 Å². The van der Waals surface area contributed by atoms with E-state index in [9.17, 15) is 0 Å². The van der Waals surface area contributed by atoms with Crippen molar-refractivity contribution in [3.05, 3.63) is 0 Å². The maximum absolute atomic E-state index is 3.56. The summed E-state index contributed by atoms with van der Waals surface area (Å²) in [7, 11) is 0. The molecular formula is C12H24N2. The van der Waals surface area contributed by atoms with Crippen molar-refractivity contribution >= 4 is 0 Å². The van der Waals surface area contributed by atoms with E-state index in [4.69, 9.17) is 0 Å². The van der Waals surface area contributed by atoms with Crippen LogP contribution in [0.2, 0.25) is 0 Å². The molecule has 1 saturated heterocycles. The molecule has 0 spiro atoms. The minimum atomic E-state index is 0.331. The molecule has 0 radical (unpaired) electrons. The standard InChI is InChI=1S/C12H24N2/c1-12(2)10-14(9-7-13-12)8-3-4-11-5-6-11/h11,13H,3-10H2,1-2H3. The van der Waals surface area contributed by atoms with E-state index >= 15 is 0 Å². The van der Waals surface area contributed by atoms with Gasteiger partial charge < -0.3 is 10.2 Å². The lowest BCUT2D eigenvalue weighted by Crippen LogP contribution is -2.57. The van der Waals surface area contributed by atoms with Crippen molar-refractivity contribution in [1.29, 1.82) is 0 Å². The molecule has 0 atom stereocenters. The molecule has 14 heavy (non-hydrogen) atoms. The second kappa shape index (κ2) is 4.19. The number of hydrogen-bond donors (Lipinski definition) is 1. The van der Waals surface area contributed by atoms with Crippen LogP contribution in [0.4, 0.5) is 0 Å². The molecule has 0 aromatic rings. The second-order valence-corrected chi connectivity index (χ2v) is 5.67. The van der Waals surface area contributed by atoms with Gasteiger partial charge in [0.25, 0.3) is 0 Å². The van der Waals surface area contributed by atoms with Crippen LogP contribution in [0.1, 0.15) is 39.5 Å². The molecule has 2 heteroatoms. The number of hydrogen-bond acceptors (Lipinski definition) is 2. The van der Waals surface area contributed by atoms with Gasteiger partial charge in [-0.2, -0.15) is 0 Å². The summed E-state index contributed by atoms with van der Waals surface area (Å²) in [6.45, 7) is 9.56. The van der Waals surface area contributed by atoms with Crippen LogP contribution in [0, 0.1) is 5.92 Å². The van der Waals surface area contributed by atoms with Gasteiger partial charge in [-0.3, -0.25) is 0 Å². The third-order valence-electron chi connectivity index (χ3n) is 3.43. The third-order valence-corrected chi connectivity index (χ3v) is 3.43. The summed E-state index contributed by atoms with van der Waals surface area (Å²) >= 11 is 0. The van der Waals surface area contributed by atoms with E-state index in [0.717, 1.165) is 12.5 Å². The molecule has 0 amide bonds. The van der Waals surface area contributed by atoms with Gasteiger partial charge in [0.05, 0.1) is 0 Å². The van der Waals surface area contributed by atoms with E-state index < -0.39 is 0 Å². The molecule has 82 valence electrons. The maximum atomic E-state index is 3.56. The van der Waals surface area contributed by atoms with Crippen molar-refractivity contribution in [3.8, 4) is 0 Å². The minimum absolute atomic E-state index is 0.331. The average Bonchev–Trinajstić information content (AvgIpc) is 2.86. The predicted octanol–water partition coefficient (Wildman–Crippen LogP) is 1.86. The first kappa shape index (κ1) is 10.4. The van der Waals surface area contributed by atoms with Crippen molar-refractivity contribution < 1.29 is 0 Å². The Morgan fingerprint density at radius 2 is 2.14 bits per heavy atom. The normalized spacial score (nSPS) is 27.9. The van der Waals surface area contributed by atoms with Crippen LogP contribution in [-0.2, 0) is 0 Å². The topological polar surface area (TPSA) is 15.3 Å². The van der Waals surface area contributed by atoms with Gasteiger partial charge in [-0.25, -0.2) is 0 Å². The lowest BCUT2D eigenvalue weighted by molar-refractivity contribution is 0.152. The van der Waals surface area contributed by atoms with E-state index in [0.29, 0.717) is 5.54 Å². The average molecular weight is 196 g/mol. The first-order chi connectivity index (χ1) is 6.66. The Bertz CT molecular complexity index is 185. The largest absolute Gasteiger partial charge is 0.309 e. The fourth-order valence-electron chi connectivity index (χ4n) is 2.45. The number of nitrogens with zero attached hydrogens (tertiary/aromatic N) is 1. The summed E-state index contributed by atoms with van der Waals surface area (Å²) in [5.74, 6) is 1.10. The molecule has 2 nitrogen and oxygen atoms in total. The zero-order valence-electron chi connectivity index (χ0n) is 9.68. The van der Waals surface area contributed by atoms with Crippen LogP contribution in [0.3, 0.4) is 0 Å². The maximum Gasteiger partial charge on any atom is 0.0252 e. The molecule has 2 rings (SSSR count). The smallest absolute Gasteiger partial charge is 0.0252 e. The van der Waals surface area contributed by atoms with E-state index in [2.05, 4.69) is 24.1 Å². The molecule has 1 aliphatic carbocycles. The number of piperazine rings is 1. The van der Waals surface area contributed by atoms with Gasteiger partial charge in [-0.05, 0) is 39.2 Å². The zero-order valence-corrected chi connectivity index (χ0v) is 9.68. The van der Waals surface area contributed by atoms with E-state index in [1.807, 2.05) is 0 Å². The summed E-state index contributed by atoms with van der Waals surface area (Å²) in [5, 5.41) is 3.56. The summed E-state index contributed by atoms with van der Waals surface area (Å²) < 4.78 is 0. The predicted molar refractivity (Wildman–Crippen MR) is 60.5 cm³/mol. The molecule has 1 saturated carbocycles. The van der Waals surface area contributed by atoms with E-state index in [1.165, 1.54) is 45.3 Å². The Kier molecular flexibility index (Phi) is 3.13. The van der Waals surface area contributed by atoms with Gasteiger partial charge in [0.15, 0.2) is 0 Å². The van der Waals surface area contributed by atoms with Crippen LogP contribution in [0.25, 0.3) is 0 Å². The summed E-state index contributed by atoms with van der Waals surface area (Å²) in [6, 6.07) is 0. The molecule has 0 aromatic carbocycles. The molecule has 0 aromatic heterocycles. The summed E-state index contributed by atoms with van der Waals surface area (Å²) in [6.07, 6.45) is 5.91. The molecule has 1 aliphatic heterocycles. The molecule has 1 heterocycles. The lowest BCUT2D eigenvalue weighted by atomic mass is 10.0. The fraction of sp³-hybridized carbons (Fsp3) is 1.00. The first-order valence-electron chi connectivity index (χ1n) is 6.13. The Labute approximate surface area is 88.1 Å². The van der Waals surface area contributed by atoms with Crippen LogP contribution in [-0.4, -0.2) is 36.6 Å². The highest BCUT2D eigenvalue weighted by Gasteiger charge is 2.26. The van der Waals surface area contributed by atoms with Gasteiger partial charge in [0.2, 0.25) is 0 Å². The van der Waals surface area contributed by atoms with Crippen molar-refractivity contribution in [1.82, 2.24) is 10.2 Å². The second-order valence-electron chi connectivity index (χ2n) is 5.67. The molecule has 2 fully saturated rings. The Morgan fingerprint density at radius 3 is 2.79 bits per heavy atom. The highest BCUT2D eigenvalue weighted by molar-refractivity contribution is 4.86. The Hall–Kier alpha value is -0.0800. The molecule has 0 unspecified atom stereocenters. The zero-order chi connectivity index (χ0) is 10.0. The van der Waals surface area contributed by atoms with Crippen LogP contribution in [0.5, 0.6) is 0 Å². The number of rotatable bonds is 4. The third kappa shape index (κ3) is 3.25. The van der Waals surface area contributed by atoms with Gasteiger partial charge in [-0.15, -0.1) is 0 Å². The van der Waals surface area contributed by atoms with Crippen LogP contribution in [0.15, 0.2) is 0 Å². The van der Waals surface area contributed by atoms with Crippen molar-refractivity contribution in [2.24, 2.45) is 5.92 Å². The minimum Gasteiger partial charge on any atom is -0.309 e. The SMILES string of the molecule is CC1(C)CN(CCCC2CC2)CCN1. The summed E-state index contributed by atoms with van der Waals surface area (Å²) in [5.41, 5.74) is 0.331. The molecular weight excluding hydrogens is 172 g/mol. The monoisotopic (exact) mass is 196 g/mol. The lowest BCUT2D eigenvalue weighted by Gasteiger charge is -2.39. The number of nitrogens with one attached hydrogen (secondary N) is 1. The van der Waals surface area contributed by atoms with E-state index in [1.54, 1.807) is 0 Å². The fourth-order valence-corrected chi connectivity index (χ4v) is 2.45. The molecule has 1 N–H and O–H groups in total. The highest BCUT2D eigenvalue weighted by atomic mass is 15.2. The van der Waals surface area contributed by atoms with E-state index in [-0.39, 0.29) is 0 Å². The van der Waals surface area contributed by atoms with Crippen molar-refractivity contribution in [2.75, 3.05) is 26.2 Å². The van der Waals surface area contributed by atoms with Gasteiger partial charge >= 0.3 is 0 Å². The van der Waals surface area contributed by atoms with Gasteiger partial charge in [0, 0.05) is 25.2 Å². The van der Waals surface area contributed by atoms with Crippen LogP contribution < -0.4 is 5.32 Å². The Morgan fingerprint density at radius 1 is 1.36 bits per heavy atom. The highest BCUT2D eigenvalue weighted by Crippen LogP contribution is 2.33. The van der Waals surface area contributed by atoms with Crippen LogP contribution >= 0.6 is 0 Å². The van der Waals surface area contributed by atoms with Gasteiger partial charge in [-0.1, -0.05) is 12.8 Å². The first-order valence-corrected chi connectivity index (χ1v) is 6.13. The quantitative estimate of drug-likeness (QED) is 0.738. The summed E-state index contributed by atoms with van der Waals surface area (Å²) in [4.78, 5) is 2.62.